The third kappa shape index (κ3) is 1.62. The third-order valence-corrected chi connectivity index (χ3v) is 2.59. The highest BCUT2D eigenvalue weighted by molar-refractivity contribution is 5.41. The molecule has 0 atom stereocenters. The Morgan fingerprint density at radius 1 is 1.00 bits per heavy atom. The molecule has 0 aliphatic heterocycles. The Kier molecular flexibility index (Phi) is 2.33. The maximum absolute atomic E-state index is 2.24. The van der Waals surface area contributed by atoms with E-state index in [9.17, 15) is 0 Å². The molecule has 0 N–H and O–H groups in total. The smallest absolute Gasteiger partial charge is 0.0133 e. The van der Waals surface area contributed by atoms with Crippen LogP contribution in [0.4, 0.5) is 0 Å². The summed E-state index contributed by atoms with van der Waals surface area (Å²) in [5, 5.41) is 0. The highest BCUT2D eigenvalue weighted by Crippen LogP contribution is 2.23. The lowest BCUT2D eigenvalue weighted by Gasteiger charge is -2.05. The molecule has 0 unspecified atom stereocenters. The summed E-state index contributed by atoms with van der Waals surface area (Å²) < 4.78 is 0. The quantitative estimate of drug-likeness (QED) is 0.492. The van der Waals surface area contributed by atoms with Crippen molar-refractivity contribution in [3.8, 4) is 0 Å². The number of rotatable bonds is 0. The van der Waals surface area contributed by atoms with Crippen LogP contribution in [0.15, 0.2) is 34.4 Å². The van der Waals surface area contributed by atoms with E-state index in [0.29, 0.717) is 0 Å². The SMILES string of the molecule is CC1=C(C)C(C)=C(C)CC=C1. The maximum atomic E-state index is 2.24. The van der Waals surface area contributed by atoms with Crippen molar-refractivity contribution < 1.29 is 0 Å². The van der Waals surface area contributed by atoms with Gasteiger partial charge in [0.1, 0.15) is 0 Å². The molecule has 0 aromatic rings. The predicted octanol–water partition coefficient (Wildman–Crippen LogP) is 3.62. The van der Waals surface area contributed by atoms with Crippen molar-refractivity contribution in [3.63, 3.8) is 0 Å². The fourth-order valence-corrected chi connectivity index (χ4v) is 1.31. The molecule has 0 radical (unpaired) electrons. The first-order valence-corrected chi connectivity index (χ1v) is 4.13. The minimum Gasteiger partial charge on any atom is -0.0802 e. The van der Waals surface area contributed by atoms with Gasteiger partial charge in [0.25, 0.3) is 0 Å². The van der Waals surface area contributed by atoms with Crippen LogP contribution in [0.1, 0.15) is 34.1 Å². The molecule has 1 rings (SSSR count). The standard InChI is InChI=1S/C11H16/c1-8-6-5-7-9(2)11(4)10(8)3/h5-6H,7H2,1-4H3. The Bertz CT molecular complexity index is 249. The molecule has 0 saturated heterocycles. The average molecular weight is 148 g/mol. The Balaban J connectivity index is 3.15. The molecule has 0 heterocycles. The molecule has 0 spiro atoms. The van der Waals surface area contributed by atoms with Crippen LogP contribution in [0.5, 0.6) is 0 Å². The van der Waals surface area contributed by atoms with Gasteiger partial charge in [0.15, 0.2) is 0 Å². The van der Waals surface area contributed by atoms with E-state index in [2.05, 4.69) is 39.8 Å². The first-order valence-electron chi connectivity index (χ1n) is 4.13. The van der Waals surface area contributed by atoms with Crippen molar-refractivity contribution in [2.24, 2.45) is 0 Å². The van der Waals surface area contributed by atoms with Gasteiger partial charge in [-0.3, -0.25) is 0 Å². The van der Waals surface area contributed by atoms with Crippen LogP contribution in [0.25, 0.3) is 0 Å². The lowest BCUT2D eigenvalue weighted by Crippen LogP contribution is -1.85. The third-order valence-electron chi connectivity index (χ3n) is 2.59. The second kappa shape index (κ2) is 3.08. The monoisotopic (exact) mass is 148 g/mol. The summed E-state index contributed by atoms with van der Waals surface area (Å²) in [6.45, 7) is 8.79. The van der Waals surface area contributed by atoms with Gasteiger partial charge in [0.05, 0.1) is 0 Å². The summed E-state index contributed by atoms with van der Waals surface area (Å²) in [5.74, 6) is 0. The van der Waals surface area contributed by atoms with E-state index in [1.165, 1.54) is 22.3 Å². The number of hydrogen-bond acceptors (Lipinski definition) is 0. The lowest BCUT2D eigenvalue weighted by molar-refractivity contribution is 1.14. The highest BCUT2D eigenvalue weighted by atomic mass is 14.1. The Morgan fingerprint density at radius 3 is 2.27 bits per heavy atom. The van der Waals surface area contributed by atoms with E-state index in [-0.39, 0.29) is 0 Å². The van der Waals surface area contributed by atoms with Crippen molar-refractivity contribution >= 4 is 0 Å². The summed E-state index contributed by atoms with van der Waals surface area (Å²) in [6, 6.07) is 0. The maximum Gasteiger partial charge on any atom is -0.0133 e. The molecule has 0 nitrogen and oxygen atoms in total. The summed E-state index contributed by atoms with van der Waals surface area (Å²) >= 11 is 0. The molecule has 0 amide bonds. The summed E-state index contributed by atoms with van der Waals surface area (Å²) in [7, 11) is 0. The van der Waals surface area contributed by atoms with Gasteiger partial charge in [0, 0.05) is 0 Å². The van der Waals surface area contributed by atoms with Gasteiger partial charge in [-0.05, 0) is 50.8 Å². The van der Waals surface area contributed by atoms with Gasteiger partial charge in [-0.25, -0.2) is 0 Å². The first kappa shape index (κ1) is 8.32. The van der Waals surface area contributed by atoms with Gasteiger partial charge < -0.3 is 0 Å². The molecule has 60 valence electrons. The van der Waals surface area contributed by atoms with Crippen LogP contribution in [0, 0.1) is 0 Å². The molecule has 0 bridgehead atoms. The van der Waals surface area contributed by atoms with Crippen LogP contribution in [-0.2, 0) is 0 Å². The first-order chi connectivity index (χ1) is 5.13. The van der Waals surface area contributed by atoms with Crippen LogP contribution in [0.2, 0.25) is 0 Å². The van der Waals surface area contributed by atoms with Crippen molar-refractivity contribution in [2.45, 2.75) is 34.1 Å². The molecule has 11 heavy (non-hydrogen) atoms. The van der Waals surface area contributed by atoms with E-state index < -0.39 is 0 Å². The van der Waals surface area contributed by atoms with E-state index in [1.807, 2.05) is 0 Å². The van der Waals surface area contributed by atoms with Crippen LogP contribution >= 0.6 is 0 Å². The lowest BCUT2D eigenvalue weighted by atomic mass is 10.0. The molecule has 0 aromatic carbocycles. The predicted molar refractivity (Wildman–Crippen MR) is 50.5 cm³/mol. The van der Waals surface area contributed by atoms with E-state index in [4.69, 9.17) is 0 Å². The van der Waals surface area contributed by atoms with Gasteiger partial charge in [-0.2, -0.15) is 0 Å². The molecular weight excluding hydrogens is 132 g/mol. The minimum atomic E-state index is 1.11. The average Bonchev–Trinajstić information content (AvgIpc) is 2.07. The zero-order valence-electron chi connectivity index (χ0n) is 7.86. The topological polar surface area (TPSA) is 0 Å². The second-order valence-corrected chi connectivity index (χ2v) is 3.32. The van der Waals surface area contributed by atoms with Gasteiger partial charge in [-0.1, -0.05) is 17.7 Å². The van der Waals surface area contributed by atoms with Crippen LogP contribution < -0.4 is 0 Å². The normalized spacial score (nSPS) is 19.3. The molecular formula is C11H16. The Labute approximate surface area is 69.3 Å². The van der Waals surface area contributed by atoms with Crippen molar-refractivity contribution in [1.82, 2.24) is 0 Å². The molecule has 0 heteroatoms. The number of allylic oxidation sites excluding steroid dienone is 6. The van der Waals surface area contributed by atoms with E-state index in [0.717, 1.165) is 6.42 Å². The van der Waals surface area contributed by atoms with Crippen LogP contribution in [0.3, 0.4) is 0 Å². The highest BCUT2D eigenvalue weighted by Gasteiger charge is 2.03. The molecule has 0 aromatic heterocycles. The molecule has 1 aliphatic rings. The minimum absolute atomic E-state index is 1.11. The molecule has 0 fully saturated rings. The van der Waals surface area contributed by atoms with Gasteiger partial charge in [-0.15, -0.1) is 0 Å². The fraction of sp³-hybridized carbons (Fsp3) is 0.455. The van der Waals surface area contributed by atoms with Crippen molar-refractivity contribution in [2.75, 3.05) is 0 Å². The number of hydrogen-bond donors (Lipinski definition) is 0. The van der Waals surface area contributed by atoms with Gasteiger partial charge >= 0.3 is 0 Å². The zero-order valence-corrected chi connectivity index (χ0v) is 7.86. The fourth-order valence-electron chi connectivity index (χ4n) is 1.31. The van der Waals surface area contributed by atoms with E-state index in [1.54, 1.807) is 0 Å². The van der Waals surface area contributed by atoms with Gasteiger partial charge in [0.2, 0.25) is 0 Å². The summed E-state index contributed by atoms with van der Waals surface area (Å²) in [4.78, 5) is 0. The second-order valence-electron chi connectivity index (χ2n) is 3.32. The zero-order chi connectivity index (χ0) is 8.43. The molecule has 1 aliphatic carbocycles. The molecule has 0 saturated carbocycles. The Morgan fingerprint density at radius 2 is 1.64 bits per heavy atom. The van der Waals surface area contributed by atoms with Crippen molar-refractivity contribution in [1.29, 1.82) is 0 Å². The van der Waals surface area contributed by atoms with Crippen molar-refractivity contribution in [3.05, 3.63) is 34.4 Å². The van der Waals surface area contributed by atoms with E-state index >= 15 is 0 Å². The summed E-state index contributed by atoms with van der Waals surface area (Å²) in [5.41, 5.74) is 5.80. The Hall–Kier alpha value is -0.780. The summed E-state index contributed by atoms with van der Waals surface area (Å²) in [6.07, 6.45) is 5.57. The van der Waals surface area contributed by atoms with Crippen LogP contribution in [-0.4, -0.2) is 0 Å². The largest absolute Gasteiger partial charge is 0.0802 e.